The molecule has 0 bridgehead atoms. The van der Waals surface area contributed by atoms with Gasteiger partial charge in [0.1, 0.15) is 17.8 Å². The third-order valence-electron chi connectivity index (χ3n) is 9.54. The van der Waals surface area contributed by atoms with Gasteiger partial charge in [-0.25, -0.2) is 4.68 Å². The molecule has 1 unspecified atom stereocenters. The lowest BCUT2D eigenvalue weighted by Gasteiger charge is -2.37. The molecule has 3 aliphatic rings. The molecule has 1 saturated carbocycles. The van der Waals surface area contributed by atoms with Gasteiger partial charge in [-0.2, -0.15) is 11.8 Å². The van der Waals surface area contributed by atoms with E-state index in [1.165, 1.54) is 62.0 Å². The van der Waals surface area contributed by atoms with Crippen LogP contribution in [-0.2, 0) is 9.59 Å². The molecular formula is C32H48N6O3S. The summed E-state index contributed by atoms with van der Waals surface area (Å²) >= 11 is 2.14. The van der Waals surface area contributed by atoms with Crippen LogP contribution < -0.4 is 10.6 Å². The number of amides is 2. The van der Waals surface area contributed by atoms with Crippen molar-refractivity contribution in [2.75, 3.05) is 31.2 Å². The Bertz CT molecular complexity index is 1230. The molecule has 2 saturated heterocycles. The van der Waals surface area contributed by atoms with Crippen LogP contribution in [0.2, 0.25) is 0 Å². The number of likely N-dealkylation sites (tertiary alicyclic amines) is 1. The number of nitrogens with one attached hydrogen (secondary N) is 2. The van der Waals surface area contributed by atoms with Gasteiger partial charge in [-0.05, 0) is 48.0 Å². The van der Waals surface area contributed by atoms with E-state index in [0.717, 1.165) is 17.8 Å². The number of likely N-dealkylation sites (N-methyl/N-ethyl adjacent to an activating group) is 1. The van der Waals surface area contributed by atoms with E-state index in [1.54, 1.807) is 11.7 Å². The maximum absolute atomic E-state index is 13.9. The summed E-state index contributed by atoms with van der Waals surface area (Å²) in [6.45, 7) is 7.03. The molecule has 0 radical (unpaired) electrons. The maximum Gasteiger partial charge on any atom is 0.248 e. The van der Waals surface area contributed by atoms with E-state index >= 15 is 0 Å². The van der Waals surface area contributed by atoms with E-state index in [0.29, 0.717) is 16.4 Å². The largest absolute Gasteiger partial charge is 0.391 e. The van der Waals surface area contributed by atoms with E-state index in [9.17, 15) is 14.7 Å². The highest BCUT2D eigenvalue weighted by Gasteiger charge is 2.45. The molecule has 3 N–H and O–H groups in total. The fourth-order valence-electron chi connectivity index (χ4n) is 7.24. The quantitative estimate of drug-likeness (QED) is 0.417. The molecule has 1 aromatic heterocycles. The van der Waals surface area contributed by atoms with E-state index in [4.69, 9.17) is 0 Å². The van der Waals surface area contributed by atoms with Crippen LogP contribution in [0.15, 0.2) is 30.5 Å². The first-order chi connectivity index (χ1) is 20.1. The van der Waals surface area contributed by atoms with Crippen molar-refractivity contribution in [2.45, 2.75) is 102 Å². The molecule has 10 heteroatoms. The van der Waals surface area contributed by atoms with E-state index in [-0.39, 0.29) is 24.8 Å². The smallest absolute Gasteiger partial charge is 0.248 e. The minimum Gasteiger partial charge on any atom is -0.391 e. The normalized spacial score (nSPS) is 25.2. The van der Waals surface area contributed by atoms with Gasteiger partial charge in [0.05, 0.1) is 12.3 Å². The summed E-state index contributed by atoms with van der Waals surface area (Å²) < 4.78 is 1.62. The standard InChI is InChI=1S/C32H48N6O3S/c1-31(2,3)28(30(41)37-20-24(39)18-26(37)29(40)33-4)38-21-25(35-36-38)22-11-10-12-23(17-22)34-19-27-32(15-16-42-27)13-8-6-5-7-9-14-32/h10-12,17,21,24,26-28,34,39H,5-9,13-16,18-20H2,1-4H3,(H,33,40)/t24-,26+,27?,28-/m1/s1. The Morgan fingerprint density at radius 3 is 2.60 bits per heavy atom. The first kappa shape index (κ1) is 30.9. The Kier molecular flexibility index (Phi) is 9.52. The van der Waals surface area contributed by atoms with Crippen molar-refractivity contribution in [3.05, 3.63) is 30.5 Å². The molecule has 4 atom stereocenters. The number of benzene rings is 1. The highest BCUT2D eigenvalue weighted by Crippen LogP contribution is 2.51. The number of aliphatic hydroxyl groups excluding tert-OH is 1. The highest BCUT2D eigenvalue weighted by atomic mass is 32.2. The van der Waals surface area contributed by atoms with Crippen LogP contribution in [0.25, 0.3) is 11.3 Å². The van der Waals surface area contributed by atoms with Gasteiger partial charge in [0.15, 0.2) is 0 Å². The second kappa shape index (κ2) is 13.0. The number of aromatic nitrogens is 3. The van der Waals surface area contributed by atoms with Crippen molar-refractivity contribution in [3.8, 4) is 11.3 Å². The van der Waals surface area contributed by atoms with Crippen molar-refractivity contribution in [1.82, 2.24) is 25.2 Å². The molecule has 42 heavy (non-hydrogen) atoms. The zero-order valence-corrected chi connectivity index (χ0v) is 26.5. The summed E-state index contributed by atoms with van der Waals surface area (Å²) in [5.74, 6) is 0.757. The summed E-state index contributed by atoms with van der Waals surface area (Å²) in [6, 6.07) is 6.90. The number of anilines is 1. The number of β-amino-alcohol motifs (C(OH)–C–C–N with tert-alkyl or cyclic N) is 1. The minimum absolute atomic E-state index is 0.124. The topological polar surface area (TPSA) is 112 Å². The highest BCUT2D eigenvalue weighted by molar-refractivity contribution is 8.00. The van der Waals surface area contributed by atoms with Crippen LogP contribution in [0, 0.1) is 10.8 Å². The summed E-state index contributed by atoms with van der Waals surface area (Å²) in [6.07, 6.45) is 12.3. The molecular weight excluding hydrogens is 548 g/mol. The van der Waals surface area contributed by atoms with Gasteiger partial charge in [0, 0.05) is 43.1 Å². The van der Waals surface area contributed by atoms with Gasteiger partial charge in [0.2, 0.25) is 11.8 Å². The molecule has 1 spiro atoms. The number of hydrogen-bond acceptors (Lipinski definition) is 7. The Labute approximate surface area is 254 Å². The van der Waals surface area contributed by atoms with Crippen molar-refractivity contribution in [1.29, 1.82) is 0 Å². The molecule has 5 rings (SSSR count). The van der Waals surface area contributed by atoms with Crippen molar-refractivity contribution in [3.63, 3.8) is 0 Å². The van der Waals surface area contributed by atoms with Crippen LogP contribution in [0.4, 0.5) is 5.69 Å². The van der Waals surface area contributed by atoms with E-state index < -0.39 is 23.6 Å². The molecule has 3 fully saturated rings. The molecule has 2 aromatic rings. The van der Waals surface area contributed by atoms with Gasteiger partial charge in [0.25, 0.3) is 0 Å². The number of thioether (sulfide) groups is 1. The summed E-state index contributed by atoms with van der Waals surface area (Å²) in [5.41, 5.74) is 2.67. The Balaban J connectivity index is 1.31. The Morgan fingerprint density at radius 2 is 1.88 bits per heavy atom. The lowest BCUT2D eigenvalue weighted by atomic mass is 9.72. The van der Waals surface area contributed by atoms with Crippen LogP contribution in [-0.4, -0.2) is 80.1 Å². The lowest BCUT2D eigenvalue weighted by Crippen LogP contribution is -2.49. The molecule has 1 aliphatic carbocycles. The number of carbonyl (C=O) groups excluding carboxylic acids is 2. The predicted molar refractivity (Wildman–Crippen MR) is 168 cm³/mol. The van der Waals surface area contributed by atoms with Gasteiger partial charge in [-0.15, -0.1) is 5.10 Å². The number of aliphatic hydroxyl groups is 1. The third kappa shape index (κ3) is 6.64. The Morgan fingerprint density at radius 1 is 1.14 bits per heavy atom. The number of nitrogens with zero attached hydrogens (tertiary/aromatic N) is 4. The van der Waals surface area contributed by atoms with Crippen LogP contribution in [0.5, 0.6) is 0 Å². The first-order valence-corrected chi connectivity index (χ1v) is 16.7. The second-order valence-electron chi connectivity index (χ2n) is 13.6. The van der Waals surface area contributed by atoms with Gasteiger partial charge in [-0.3, -0.25) is 9.59 Å². The minimum atomic E-state index is -0.733. The summed E-state index contributed by atoms with van der Waals surface area (Å²) in [4.78, 5) is 27.9. The molecule has 1 aromatic carbocycles. The van der Waals surface area contributed by atoms with E-state index in [1.807, 2.05) is 39.1 Å². The summed E-state index contributed by atoms with van der Waals surface area (Å²) in [5, 5.41) is 26.2. The average molecular weight is 597 g/mol. The SMILES string of the molecule is CNC(=O)[C@@H]1C[C@@H](O)CN1C(=O)[C@@H](n1cc(-c2cccc(NCC3SCCC34CCCCCCC4)c2)nn1)C(C)(C)C. The molecule has 2 amide bonds. The number of hydrogen-bond donors (Lipinski definition) is 3. The van der Waals surface area contributed by atoms with Crippen molar-refractivity contribution in [2.24, 2.45) is 10.8 Å². The predicted octanol–water partition coefficient (Wildman–Crippen LogP) is 4.89. The fraction of sp³-hybridized carbons (Fsp3) is 0.688. The van der Waals surface area contributed by atoms with Crippen LogP contribution in [0.3, 0.4) is 0 Å². The first-order valence-electron chi connectivity index (χ1n) is 15.7. The van der Waals surface area contributed by atoms with Crippen molar-refractivity contribution < 1.29 is 14.7 Å². The van der Waals surface area contributed by atoms with Crippen LogP contribution in [0.1, 0.15) is 84.6 Å². The molecule has 3 heterocycles. The zero-order valence-electron chi connectivity index (χ0n) is 25.6. The zero-order chi connectivity index (χ0) is 29.9. The molecule has 2 aliphatic heterocycles. The van der Waals surface area contributed by atoms with Gasteiger partial charge in [-0.1, -0.05) is 70.2 Å². The molecule has 230 valence electrons. The summed E-state index contributed by atoms with van der Waals surface area (Å²) in [7, 11) is 1.55. The van der Waals surface area contributed by atoms with Crippen LogP contribution >= 0.6 is 11.8 Å². The third-order valence-corrected chi connectivity index (χ3v) is 11.1. The maximum atomic E-state index is 13.9. The monoisotopic (exact) mass is 596 g/mol. The number of rotatable bonds is 7. The van der Waals surface area contributed by atoms with Gasteiger partial charge >= 0.3 is 0 Å². The average Bonchev–Trinajstić information content (AvgIpc) is 3.68. The Hall–Kier alpha value is -2.59. The van der Waals surface area contributed by atoms with E-state index in [2.05, 4.69) is 44.8 Å². The number of carbonyl (C=O) groups is 2. The molecule has 9 nitrogen and oxygen atoms in total. The van der Waals surface area contributed by atoms with Crippen molar-refractivity contribution >= 4 is 29.3 Å². The fourth-order valence-corrected chi connectivity index (χ4v) is 8.96. The van der Waals surface area contributed by atoms with Gasteiger partial charge < -0.3 is 20.6 Å². The lowest BCUT2D eigenvalue weighted by molar-refractivity contribution is -0.144. The second-order valence-corrected chi connectivity index (χ2v) is 14.9.